The number of carboxylic acids is 1. The van der Waals surface area contributed by atoms with Gasteiger partial charge in [0.15, 0.2) is 5.79 Å². The molecule has 2 N–H and O–H groups in total. The van der Waals surface area contributed by atoms with E-state index in [-0.39, 0.29) is 6.61 Å². The number of halogens is 1. The van der Waals surface area contributed by atoms with Gasteiger partial charge in [0.05, 0.1) is 6.61 Å². The molecule has 6 heteroatoms. The summed E-state index contributed by atoms with van der Waals surface area (Å²) >= 11 is 2.87. The van der Waals surface area contributed by atoms with Crippen molar-refractivity contribution in [2.45, 2.75) is 36.7 Å². The van der Waals surface area contributed by atoms with Crippen molar-refractivity contribution in [3.8, 4) is 0 Å². The van der Waals surface area contributed by atoms with Crippen molar-refractivity contribution in [2.24, 2.45) is 0 Å². The van der Waals surface area contributed by atoms with Crippen LogP contribution in [0.4, 0.5) is 0 Å². The predicted octanol–water partition coefficient (Wildman–Crippen LogP) is 0.347. The monoisotopic (exact) mass is 268 g/mol. The summed E-state index contributed by atoms with van der Waals surface area (Å²) in [6.07, 6.45) is -1.72. The number of rotatable bonds is 3. The van der Waals surface area contributed by atoms with Crippen LogP contribution < -0.4 is 0 Å². The maximum absolute atomic E-state index is 10.6. The molecule has 0 saturated carbocycles. The number of hydrogen-bond acceptors (Lipinski definition) is 4. The second-order valence-corrected chi connectivity index (χ2v) is 4.58. The SMILES string of the molecule is CC1(C)OCC([C@@H](O)C(Br)C(=O)O)O1. The summed E-state index contributed by atoms with van der Waals surface area (Å²) in [4.78, 5) is 9.52. The first-order valence-electron chi connectivity index (χ1n) is 4.20. The highest BCUT2D eigenvalue weighted by atomic mass is 79.9. The van der Waals surface area contributed by atoms with E-state index in [1.165, 1.54) is 0 Å². The van der Waals surface area contributed by atoms with Gasteiger partial charge in [-0.2, -0.15) is 0 Å². The molecule has 0 bridgehead atoms. The van der Waals surface area contributed by atoms with E-state index >= 15 is 0 Å². The quantitative estimate of drug-likeness (QED) is 0.723. The van der Waals surface area contributed by atoms with Crippen LogP contribution in [0.2, 0.25) is 0 Å². The summed E-state index contributed by atoms with van der Waals surface area (Å²) in [6.45, 7) is 3.62. The molecule has 1 fully saturated rings. The lowest BCUT2D eigenvalue weighted by Gasteiger charge is -2.21. The van der Waals surface area contributed by atoms with Crippen LogP contribution in [0.3, 0.4) is 0 Å². The van der Waals surface area contributed by atoms with Crippen LogP contribution in [0.15, 0.2) is 0 Å². The lowest BCUT2D eigenvalue weighted by molar-refractivity contribution is -0.156. The summed E-state index contributed by atoms with van der Waals surface area (Å²) in [5.74, 6) is -1.87. The number of aliphatic hydroxyl groups is 1. The van der Waals surface area contributed by atoms with Crippen molar-refractivity contribution in [1.82, 2.24) is 0 Å². The number of hydrogen-bond donors (Lipinski definition) is 2. The minimum absolute atomic E-state index is 0.198. The first-order valence-corrected chi connectivity index (χ1v) is 5.12. The number of carbonyl (C=O) groups is 1. The summed E-state index contributed by atoms with van der Waals surface area (Å²) < 4.78 is 10.5. The molecular weight excluding hydrogens is 256 g/mol. The van der Waals surface area contributed by atoms with Crippen LogP contribution in [0, 0.1) is 0 Å². The molecule has 5 nitrogen and oxygen atoms in total. The van der Waals surface area contributed by atoms with Crippen molar-refractivity contribution in [2.75, 3.05) is 6.61 Å². The highest BCUT2D eigenvalue weighted by Gasteiger charge is 2.41. The Bertz CT molecular complexity index is 230. The van der Waals surface area contributed by atoms with Crippen LogP contribution >= 0.6 is 15.9 Å². The van der Waals surface area contributed by atoms with Gasteiger partial charge in [0.2, 0.25) is 0 Å². The van der Waals surface area contributed by atoms with Crippen molar-refractivity contribution in [3.63, 3.8) is 0 Å². The van der Waals surface area contributed by atoms with E-state index in [0.717, 1.165) is 0 Å². The van der Waals surface area contributed by atoms with E-state index in [1.807, 2.05) is 0 Å². The second kappa shape index (κ2) is 4.14. The topological polar surface area (TPSA) is 76.0 Å². The maximum atomic E-state index is 10.6. The molecule has 3 atom stereocenters. The molecule has 1 saturated heterocycles. The zero-order valence-corrected chi connectivity index (χ0v) is 9.52. The fraction of sp³-hybridized carbons (Fsp3) is 0.875. The molecular formula is C8H13BrO5. The molecule has 0 aliphatic carbocycles. The Balaban J connectivity index is 2.55. The second-order valence-electron chi connectivity index (χ2n) is 3.60. The lowest BCUT2D eigenvalue weighted by atomic mass is 10.1. The van der Waals surface area contributed by atoms with E-state index < -0.39 is 28.8 Å². The molecule has 1 aliphatic heterocycles. The van der Waals surface area contributed by atoms with Gasteiger partial charge in [0.25, 0.3) is 0 Å². The Morgan fingerprint density at radius 2 is 2.21 bits per heavy atom. The molecule has 0 aromatic carbocycles. The van der Waals surface area contributed by atoms with E-state index in [2.05, 4.69) is 15.9 Å². The fourth-order valence-electron chi connectivity index (χ4n) is 1.22. The number of carboxylic acid groups (broad SMARTS) is 1. The zero-order valence-electron chi connectivity index (χ0n) is 7.94. The van der Waals surface area contributed by atoms with Gasteiger partial charge in [-0.15, -0.1) is 0 Å². The van der Waals surface area contributed by atoms with E-state index in [1.54, 1.807) is 13.8 Å². The highest BCUT2D eigenvalue weighted by Crippen LogP contribution is 2.26. The molecule has 14 heavy (non-hydrogen) atoms. The lowest BCUT2D eigenvalue weighted by Crippen LogP contribution is -2.40. The van der Waals surface area contributed by atoms with Crippen LogP contribution in [0.1, 0.15) is 13.8 Å². The Kier molecular flexibility index (Phi) is 3.52. The van der Waals surface area contributed by atoms with E-state index in [4.69, 9.17) is 14.6 Å². The van der Waals surface area contributed by atoms with Crippen molar-refractivity contribution < 1.29 is 24.5 Å². The number of aliphatic carboxylic acids is 1. The minimum atomic E-state index is -1.12. The van der Waals surface area contributed by atoms with Gasteiger partial charge in [-0.1, -0.05) is 15.9 Å². The Labute approximate surface area is 90.1 Å². The van der Waals surface area contributed by atoms with Crippen LogP contribution in [-0.4, -0.2) is 45.6 Å². The fourth-order valence-corrected chi connectivity index (χ4v) is 1.56. The van der Waals surface area contributed by atoms with Gasteiger partial charge in [-0.25, -0.2) is 0 Å². The number of aliphatic hydroxyl groups excluding tert-OH is 1. The van der Waals surface area contributed by atoms with Gasteiger partial charge in [0.1, 0.15) is 17.0 Å². The summed E-state index contributed by atoms with van der Waals surface area (Å²) in [6, 6.07) is 0. The maximum Gasteiger partial charge on any atom is 0.320 e. The molecule has 0 aromatic heterocycles. The van der Waals surface area contributed by atoms with Gasteiger partial charge in [0, 0.05) is 0 Å². The zero-order chi connectivity index (χ0) is 10.9. The standard InChI is InChI=1S/C8H13BrO5/c1-8(2)13-3-4(14-8)6(10)5(9)7(11)12/h4-6,10H,3H2,1-2H3,(H,11,12)/t4?,5?,6-/m1/s1. The third-order valence-electron chi connectivity index (χ3n) is 1.95. The number of ether oxygens (including phenoxy) is 2. The molecule has 1 rings (SSSR count). The van der Waals surface area contributed by atoms with Gasteiger partial charge < -0.3 is 19.7 Å². The first kappa shape index (κ1) is 11.9. The average Bonchev–Trinajstić information content (AvgIpc) is 2.43. The Hall–Kier alpha value is -0.170. The minimum Gasteiger partial charge on any atom is -0.480 e. The van der Waals surface area contributed by atoms with E-state index in [9.17, 15) is 9.90 Å². The summed E-state index contributed by atoms with van der Waals surface area (Å²) in [7, 11) is 0. The average molecular weight is 269 g/mol. The molecule has 0 amide bonds. The molecule has 0 radical (unpaired) electrons. The van der Waals surface area contributed by atoms with Crippen molar-refractivity contribution >= 4 is 21.9 Å². The molecule has 0 aromatic rings. The Morgan fingerprint density at radius 1 is 1.64 bits per heavy atom. The molecule has 2 unspecified atom stereocenters. The van der Waals surface area contributed by atoms with Gasteiger partial charge in [-0.3, -0.25) is 4.79 Å². The predicted molar refractivity (Wildman–Crippen MR) is 51.3 cm³/mol. The van der Waals surface area contributed by atoms with Crippen LogP contribution in [0.25, 0.3) is 0 Å². The summed E-state index contributed by atoms with van der Waals surface area (Å²) in [5.41, 5.74) is 0. The molecule has 1 aliphatic rings. The molecule has 1 heterocycles. The van der Waals surface area contributed by atoms with Gasteiger partial charge in [-0.05, 0) is 13.8 Å². The first-order chi connectivity index (χ1) is 6.33. The van der Waals surface area contributed by atoms with Crippen LogP contribution in [0.5, 0.6) is 0 Å². The van der Waals surface area contributed by atoms with E-state index in [0.29, 0.717) is 0 Å². The highest BCUT2D eigenvalue weighted by molar-refractivity contribution is 9.10. The number of alkyl halides is 1. The largest absolute Gasteiger partial charge is 0.480 e. The normalized spacial score (nSPS) is 29.9. The van der Waals surface area contributed by atoms with Crippen molar-refractivity contribution in [1.29, 1.82) is 0 Å². The summed E-state index contributed by atoms with van der Waals surface area (Å²) in [5, 5.41) is 18.2. The molecule has 0 spiro atoms. The third-order valence-corrected chi connectivity index (χ3v) is 2.88. The smallest absolute Gasteiger partial charge is 0.320 e. The van der Waals surface area contributed by atoms with Crippen molar-refractivity contribution in [3.05, 3.63) is 0 Å². The molecule has 82 valence electrons. The van der Waals surface area contributed by atoms with Gasteiger partial charge >= 0.3 is 5.97 Å². The Morgan fingerprint density at radius 3 is 2.57 bits per heavy atom. The third kappa shape index (κ3) is 2.66. The van der Waals surface area contributed by atoms with Crippen LogP contribution in [-0.2, 0) is 14.3 Å².